The molecule has 2 heterocycles. The van der Waals surface area contributed by atoms with Gasteiger partial charge in [-0.3, -0.25) is 14.5 Å². The van der Waals surface area contributed by atoms with E-state index in [1.54, 1.807) is 4.90 Å². The van der Waals surface area contributed by atoms with Gasteiger partial charge in [-0.2, -0.15) is 0 Å². The first-order chi connectivity index (χ1) is 17.2. The summed E-state index contributed by atoms with van der Waals surface area (Å²) in [4.78, 5) is 29.6. The Hall–Kier alpha value is -3.84. The second kappa shape index (κ2) is 10.6. The van der Waals surface area contributed by atoms with E-state index in [0.717, 1.165) is 17.7 Å². The Balaban J connectivity index is 1.11. The maximum Gasteiger partial charge on any atom is 0.267 e. The lowest BCUT2D eigenvalue weighted by Gasteiger charge is -2.36. The smallest absolute Gasteiger partial charge is 0.267 e. The quantitative estimate of drug-likeness (QED) is 0.598. The molecule has 7 heteroatoms. The molecule has 1 atom stereocenters. The van der Waals surface area contributed by atoms with Crippen molar-refractivity contribution in [2.75, 3.05) is 44.6 Å². The fourth-order valence-corrected chi connectivity index (χ4v) is 4.48. The zero-order valence-corrected chi connectivity index (χ0v) is 19.6. The van der Waals surface area contributed by atoms with Crippen LogP contribution in [0.4, 0.5) is 5.69 Å². The summed E-state index contributed by atoms with van der Waals surface area (Å²) in [5, 5.41) is 3.08. The monoisotopic (exact) mass is 471 g/mol. The summed E-state index contributed by atoms with van der Waals surface area (Å²) in [5.74, 6) is 1.14. The van der Waals surface area contributed by atoms with Crippen molar-refractivity contribution >= 4 is 17.5 Å². The number of nitrogens with zero attached hydrogens (tertiary/aromatic N) is 2. The molecule has 1 unspecified atom stereocenters. The Morgan fingerprint density at radius 1 is 0.829 bits per heavy atom. The molecule has 180 valence electrons. The summed E-state index contributed by atoms with van der Waals surface area (Å²) < 4.78 is 11.6. The van der Waals surface area contributed by atoms with Crippen LogP contribution in [0.25, 0.3) is 0 Å². The highest BCUT2D eigenvalue weighted by atomic mass is 16.6. The molecule has 2 amide bonds. The van der Waals surface area contributed by atoms with Crippen molar-refractivity contribution in [3.63, 3.8) is 0 Å². The van der Waals surface area contributed by atoms with Crippen LogP contribution < -0.4 is 14.8 Å². The molecule has 2 aliphatic rings. The number of ether oxygens (including phenoxy) is 2. The lowest BCUT2D eigenvalue weighted by atomic mass is 10.0. The number of piperazine rings is 1. The number of nitrogens with one attached hydrogen (secondary N) is 1. The molecule has 3 aromatic rings. The van der Waals surface area contributed by atoms with E-state index >= 15 is 0 Å². The van der Waals surface area contributed by atoms with Crippen LogP contribution in [0.2, 0.25) is 0 Å². The SMILES string of the molecule is O=C(CN1CCN(C(=O)C2COc3ccccc3O2)CC1)Nc1ccccc1Cc1ccccc1. The minimum atomic E-state index is -0.638. The molecule has 0 spiro atoms. The molecule has 3 aromatic carbocycles. The molecule has 0 saturated carbocycles. The highest BCUT2D eigenvalue weighted by Crippen LogP contribution is 2.31. The van der Waals surface area contributed by atoms with Crippen LogP contribution in [-0.2, 0) is 16.0 Å². The van der Waals surface area contributed by atoms with Crippen LogP contribution in [0.15, 0.2) is 78.9 Å². The number of benzene rings is 3. The number of para-hydroxylation sites is 3. The zero-order chi connectivity index (χ0) is 24.0. The van der Waals surface area contributed by atoms with Gasteiger partial charge in [-0.1, -0.05) is 60.7 Å². The molecule has 1 saturated heterocycles. The second-order valence-corrected chi connectivity index (χ2v) is 8.83. The first-order valence-electron chi connectivity index (χ1n) is 12.0. The summed E-state index contributed by atoms with van der Waals surface area (Å²) >= 11 is 0. The van der Waals surface area contributed by atoms with Gasteiger partial charge < -0.3 is 19.7 Å². The van der Waals surface area contributed by atoms with Gasteiger partial charge in [0.1, 0.15) is 6.61 Å². The van der Waals surface area contributed by atoms with Crippen molar-refractivity contribution < 1.29 is 19.1 Å². The third-order valence-electron chi connectivity index (χ3n) is 6.36. The van der Waals surface area contributed by atoms with E-state index in [0.29, 0.717) is 37.7 Å². The third-order valence-corrected chi connectivity index (χ3v) is 6.36. The van der Waals surface area contributed by atoms with Crippen molar-refractivity contribution in [1.29, 1.82) is 0 Å². The fourth-order valence-electron chi connectivity index (χ4n) is 4.48. The molecule has 0 radical (unpaired) electrons. The lowest BCUT2D eigenvalue weighted by molar-refractivity contribution is -0.143. The van der Waals surface area contributed by atoms with Crippen LogP contribution in [-0.4, -0.2) is 67.0 Å². The topological polar surface area (TPSA) is 71.1 Å². The Morgan fingerprint density at radius 2 is 1.51 bits per heavy atom. The molecule has 1 fully saturated rings. The molecular formula is C28H29N3O4. The van der Waals surface area contributed by atoms with Gasteiger partial charge >= 0.3 is 0 Å². The van der Waals surface area contributed by atoms with Gasteiger partial charge in [-0.05, 0) is 35.7 Å². The number of rotatable bonds is 6. The first-order valence-corrected chi connectivity index (χ1v) is 12.0. The van der Waals surface area contributed by atoms with Crippen LogP contribution in [0.5, 0.6) is 11.5 Å². The van der Waals surface area contributed by atoms with Gasteiger partial charge in [-0.25, -0.2) is 0 Å². The predicted molar refractivity (Wildman–Crippen MR) is 134 cm³/mol. The summed E-state index contributed by atoms with van der Waals surface area (Å²) in [6.07, 6.45) is 0.121. The van der Waals surface area contributed by atoms with E-state index in [1.807, 2.05) is 66.7 Å². The number of anilines is 1. The summed E-state index contributed by atoms with van der Waals surface area (Å²) in [6.45, 7) is 2.87. The molecule has 0 aromatic heterocycles. The van der Waals surface area contributed by atoms with Crippen LogP contribution >= 0.6 is 0 Å². The molecule has 1 N–H and O–H groups in total. The van der Waals surface area contributed by atoms with E-state index in [9.17, 15) is 9.59 Å². The molecule has 2 aliphatic heterocycles. The zero-order valence-electron chi connectivity index (χ0n) is 19.6. The summed E-state index contributed by atoms with van der Waals surface area (Å²) in [5.41, 5.74) is 3.12. The predicted octanol–water partition coefficient (Wildman–Crippen LogP) is 3.20. The average Bonchev–Trinajstić information content (AvgIpc) is 2.90. The van der Waals surface area contributed by atoms with E-state index in [1.165, 1.54) is 5.56 Å². The molecule has 0 bridgehead atoms. The minimum absolute atomic E-state index is 0.0501. The standard InChI is InChI=1S/C28H29N3O4/c32-27(29-23-11-5-4-10-22(23)18-21-8-2-1-3-9-21)19-30-14-16-31(17-15-30)28(33)26-20-34-24-12-6-7-13-25(24)35-26/h1-13,26H,14-20H2,(H,29,32). The van der Waals surface area contributed by atoms with Gasteiger partial charge in [-0.15, -0.1) is 0 Å². The normalized spacial score (nSPS) is 17.6. The number of fused-ring (bicyclic) bond motifs is 1. The number of hydrogen-bond donors (Lipinski definition) is 1. The molecule has 7 nitrogen and oxygen atoms in total. The van der Waals surface area contributed by atoms with Gasteiger partial charge in [0, 0.05) is 31.9 Å². The molecule has 35 heavy (non-hydrogen) atoms. The van der Waals surface area contributed by atoms with Crippen molar-refractivity contribution in [2.24, 2.45) is 0 Å². The van der Waals surface area contributed by atoms with Gasteiger partial charge in [0.05, 0.1) is 6.54 Å². The largest absolute Gasteiger partial charge is 0.485 e. The van der Waals surface area contributed by atoms with Gasteiger partial charge in [0.15, 0.2) is 11.5 Å². The van der Waals surface area contributed by atoms with Crippen LogP contribution in [0.1, 0.15) is 11.1 Å². The summed E-state index contributed by atoms with van der Waals surface area (Å²) in [6, 6.07) is 25.5. The second-order valence-electron chi connectivity index (χ2n) is 8.83. The number of carbonyl (C=O) groups excluding carboxylic acids is 2. The van der Waals surface area contributed by atoms with Crippen molar-refractivity contribution in [3.8, 4) is 11.5 Å². The highest BCUT2D eigenvalue weighted by Gasteiger charge is 2.32. The lowest BCUT2D eigenvalue weighted by Crippen LogP contribution is -2.54. The van der Waals surface area contributed by atoms with E-state index < -0.39 is 6.10 Å². The first kappa shape index (κ1) is 22.9. The van der Waals surface area contributed by atoms with Crippen LogP contribution in [0.3, 0.4) is 0 Å². The van der Waals surface area contributed by atoms with Gasteiger partial charge in [0.25, 0.3) is 5.91 Å². The van der Waals surface area contributed by atoms with E-state index in [-0.39, 0.29) is 25.0 Å². The molecule has 0 aliphatic carbocycles. The highest BCUT2D eigenvalue weighted by molar-refractivity contribution is 5.93. The fraction of sp³-hybridized carbons (Fsp3) is 0.286. The maximum atomic E-state index is 12.9. The Labute approximate surface area is 205 Å². The van der Waals surface area contributed by atoms with E-state index in [4.69, 9.17) is 9.47 Å². The number of hydrogen-bond acceptors (Lipinski definition) is 5. The van der Waals surface area contributed by atoms with Crippen molar-refractivity contribution in [1.82, 2.24) is 9.80 Å². The number of carbonyl (C=O) groups is 2. The maximum absolute atomic E-state index is 12.9. The Morgan fingerprint density at radius 3 is 2.31 bits per heavy atom. The molecular weight excluding hydrogens is 442 g/mol. The van der Waals surface area contributed by atoms with Crippen molar-refractivity contribution in [2.45, 2.75) is 12.5 Å². The van der Waals surface area contributed by atoms with E-state index in [2.05, 4.69) is 22.3 Å². The molecule has 5 rings (SSSR count). The summed E-state index contributed by atoms with van der Waals surface area (Å²) in [7, 11) is 0. The number of amides is 2. The van der Waals surface area contributed by atoms with Crippen LogP contribution in [0, 0.1) is 0 Å². The third kappa shape index (κ3) is 5.63. The average molecular weight is 472 g/mol. The van der Waals surface area contributed by atoms with Crippen molar-refractivity contribution in [3.05, 3.63) is 90.0 Å². The minimum Gasteiger partial charge on any atom is -0.485 e. The van der Waals surface area contributed by atoms with Gasteiger partial charge in [0.2, 0.25) is 12.0 Å². The Bertz CT molecular complexity index is 1180. The Kier molecular flexibility index (Phi) is 6.95.